The Hall–Kier alpha value is -0.650. The summed E-state index contributed by atoms with van der Waals surface area (Å²) in [7, 11) is 2.01. The Morgan fingerprint density at radius 1 is 1.40 bits per heavy atom. The number of thiophene rings is 1. The van der Waals surface area contributed by atoms with E-state index >= 15 is 0 Å². The Morgan fingerprint density at radius 2 is 2.25 bits per heavy atom. The maximum absolute atomic E-state index is 4.53. The summed E-state index contributed by atoms with van der Waals surface area (Å²) in [6.07, 6.45) is 4.87. The lowest BCUT2D eigenvalue weighted by atomic mass is 10.2. The zero-order chi connectivity index (χ0) is 14.1. The van der Waals surface area contributed by atoms with Crippen LogP contribution >= 0.6 is 27.3 Å². The predicted octanol–water partition coefficient (Wildman–Crippen LogP) is 3.59. The average Bonchev–Trinajstić information content (AvgIpc) is 3.06. The number of hydrogen-bond acceptors (Lipinski definition) is 3. The molecular weight excluding hydrogens is 334 g/mol. The molecule has 0 fully saturated rings. The Labute approximate surface area is 132 Å². The van der Waals surface area contributed by atoms with E-state index in [0.717, 1.165) is 29.7 Å². The summed E-state index contributed by atoms with van der Waals surface area (Å²) in [6, 6.07) is 2.38. The van der Waals surface area contributed by atoms with Crippen LogP contribution in [-0.2, 0) is 39.4 Å². The van der Waals surface area contributed by atoms with Gasteiger partial charge in [-0.25, -0.2) is 0 Å². The minimum atomic E-state index is 0.854. The van der Waals surface area contributed by atoms with Gasteiger partial charge in [0.25, 0.3) is 0 Å². The van der Waals surface area contributed by atoms with Crippen molar-refractivity contribution in [1.82, 2.24) is 15.1 Å². The fraction of sp³-hybridized carbons (Fsp3) is 0.533. The molecule has 1 aliphatic carbocycles. The van der Waals surface area contributed by atoms with E-state index in [1.165, 1.54) is 29.8 Å². The molecule has 3 rings (SSSR count). The van der Waals surface area contributed by atoms with Crippen molar-refractivity contribution >= 4 is 27.3 Å². The lowest BCUT2D eigenvalue weighted by Crippen LogP contribution is -2.15. The van der Waals surface area contributed by atoms with Crippen LogP contribution in [-0.4, -0.2) is 9.78 Å². The lowest BCUT2D eigenvalue weighted by molar-refractivity contribution is 0.625. The van der Waals surface area contributed by atoms with E-state index in [2.05, 4.69) is 39.3 Å². The van der Waals surface area contributed by atoms with E-state index in [4.69, 9.17) is 0 Å². The molecule has 0 spiro atoms. The van der Waals surface area contributed by atoms with Crippen LogP contribution in [0.5, 0.6) is 0 Å². The first-order valence-corrected chi connectivity index (χ1v) is 8.81. The van der Waals surface area contributed by atoms with Gasteiger partial charge in [0.1, 0.15) is 0 Å². The molecule has 0 bridgehead atoms. The molecule has 2 heterocycles. The summed E-state index contributed by atoms with van der Waals surface area (Å²) in [5, 5.41) is 8.07. The number of nitrogens with zero attached hydrogens (tertiary/aromatic N) is 2. The third-order valence-corrected chi connectivity index (χ3v) is 6.04. The lowest BCUT2D eigenvalue weighted by Gasteiger charge is -2.05. The highest BCUT2D eigenvalue weighted by atomic mass is 79.9. The van der Waals surface area contributed by atoms with Crippen molar-refractivity contribution in [2.45, 2.75) is 45.7 Å². The highest BCUT2D eigenvalue weighted by Gasteiger charge is 2.15. The van der Waals surface area contributed by atoms with Gasteiger partial charge in [-0.1, -0.05) is 6.92 Å². The fourth-order valence-electron chi connectivity index (χ4n) is 2.79. The highest BCUT2D eigenvalue weighted by Crippen LogP contribution is 2.30. The summed E-state index contributed by atoms with van der Waals surface area (Å²) < 4.78 is 3.13. The number of nitrogens with one attached hydrogen (secondary N) is 1. The molecule has 1 N–H and O–H groups in total. The van der Waals surface area contributed by atoms with E-state index in [0.29, 0.717) is 0 Å². The van der Waals surface area contributed by atoms with Gasteiger partial charge in [-0.3, -0.25) is 4.68 Å². The number of aryl methyl sites for hydroxylation is 4. The molecule has 20 heavy (non-hydrogen) atoms. The number of rotatable bonds is 5. The molecule has 0 radical (unpaired) electrons. The maximum Gasteiger partial charge on any atom is 0.0767 e. The fourth-order valence-corrected chi connectivity index (χ4v) is 4.78. The normalized spacial score (nSPS) is 13.9. The minimum Gasteiger partial charge on any atom is -0.306 e. The van der Waals surface area contributed by atoms with Gasteiger partial charge in [0, 0.05) is 29.9 Å². The van der Waals surface area contributed by atoms with Gasteiger partial charge in [-0.2, -0.15) is 5.10 Å². The van der Waals surface area contributed by atoms with E-state index in [9.17, 15) is 0 Å². The van der Waals surface area contributed by atoms with Crippen LogP contribution in [0.1, 0.15) is 40.1 Å². The summed E-state index contributed by atoms with van der Waals surface area (Å²) in [5.41, 5.74) is 3.95. The first-order valence-electron chi connectivity index (χ1n) is 7.20. The van der Waals surface area contributed by atoms with E-state index in [1.54, 1.807) is 10.4 Å². The maximum atomic E-state index is 4.53. The number of aromatic nitrogens is 2. The quantitative estimate of drug-likeness (QED) is 0.889. The van der Waals surface area contributed by atoms with Gasteiger partial charge < -0.3 is 5.32 Å². The second-order valence-corrected chi connectivity index (χ2v) is 7.32. The first-order chi connectivity index (χ1) is 9.69. The molecule has 0 saturated carbocycles. The van der Waals surface area contributed by atoms with E-state index < -0.39 is 0 Å². The minimum absolute atomic E-state index is 0.854. The third kappa shape index (κ3) is 2.71. The van der Waals surface area contributed by atoms with Gasteiger partial charge in [-0.05, 0) is 53.2 Å². The van der Waals surface area contributed by atoms with Crippen LogP contribution in [0.15, 0.2) is 10.5 Å². The van der Waals surface area contributed by atoms with Gasteiger partial charge in [0.05, 0.1) is 15.9 Å². The van der Waals surface area contributed by atoms with Crippen molar-refractivity contribution in [2.75, 3.05) is 0 Å². The van der Waals surface area contributed by atoms with Crippen molar-refractivity contribution < 1.29 is 0 Å². The van der Waals surface area contributed by atoms with Crippen molar-refractivity contribution in [3.05, 3.63) is 37.2 Å². The van der Waals surface area contributed by atoms with Crippen LogP contribution in [0.3, 0.4) is 0 Å². The van der Waals surface area contributed by atoms with Crippen molar-refractivity contribution in [2.24, 2.45) is 7.05 Å². The molecular formula is C15H20BrN3S. The van der Waals surface area contributed by atoms with Crippen molar-refractivity contribution in [3.8, 4) is 0 Å². The molecule has 0 unspecified atom stereocenters. The van der Waals surface area contributed by atoms with Gasteiger partial charge in [-0.15, -0.1) is 11.3 Å². The van der Waals surface area contributed by atoms with Crippen LogP contribution in [0.2, 0.25) is 0 Å². The topological polar surface area (TPSA) is 29.9 Å². The molecule has 5 heteroatoms. The Kier molecular flexibility index (Phi) is 4.29. The Bertz CT molecular complexity index is 593. The van der Waals surface area contributed by atoms with Gasteiger partial charge in [0.2, 0.25) is 0 Å². The largest absolute Gasteiger partial charge is 0.306 e. The average molecular weight is 354 g/mol. The summed E-state index contributed by atoms with van der Waals surface area (Å²) in [4.78, 5) is 3.07. The van der Waals surface area contributed by atoms with Crippen molar-refractivity contribution in [1.29, 1.82) is 0 Å². The van der Waals surface area contributed by atoms with E-state index in [-0.39, 0.29) is 0 Å². The van der Waals surface area contributed by atoms with Crippen molar-refractivity contribution in [3.63, 3.8) is 0 Å². The molecule has 1 aliphatic rings. The highest BCUT2D eigenvalue weighted by molar-refractivity contribution is 9.10. The predicted molar refractivity (Wildman–Crippen MR) is 87.2 cm³/mol. The molecule has 0 aromatic carbocycles. The Balaban J connectivity index is 1.61. The van der Waals surface area contributed by atoms with Gasteiger partial charge in [0.15, 0.2) is 0 Å². The molecule has 0 saturated heterocycles. The second-order valence-electron chi connectivity index (χ2n) is 5.30. The van der Waals surface area contributed by atoms with Crippen LogP contribution in [0.4, 0.5) is 0 Å². The zero-order valence-electron chi connectivity index (χ0n) is 12.0. The number of fused-ring (bicyclic) bond motifs is 1. The molecule has 0 amide bonds. The monoisotopic (exact) mass is 353 g/mol. The smallest absolute Gasteiger partial charge is 0.0767 e. The zero-order valence-corrected chi connectivity index (χ0v) is 14.4. The third-order valence-electron chi connectivity index (χ3n) is 3.89. The molecule has 0 atom stereocenters. The second kappa shape index (κ2) is 6.00. The number of halogens is 1. The summed E-state index contributed by atoms with van der Waals surface area (Å²) >= 11 is 5.64. The molecule has 108 valence electrons. The van der Waals surface area contributed by atoms with Crippen LogP contribution < -0.4 is 5.32 Å². The first kappa shape index (κ1) is 14.3. The summed E-state index contributed by atoms with van der Waals surface area (Å²) in [5.74, 6) is 0. The Morgan fingerprint density at radius 3 is 2.95 bits per heavy atom. The van der Waals surface area contributed by atoms with E-state index in [1.807, 2.05) is 23.1 Å². The molecule has 2 aromatic heterocycles. The summed E-state index contributed by atoms with van der Waals surface area (Å²) in [6.45, 7) is 3.95. The molecule has 0 aliphatic heterocycles. The molecule has 3 nitrogen and oxygen atoms in total. The van der Waals surface area contributed by atoms with Crippen LogP contribution in [0.25, 0.3) is 0 Å². The number of hydrogen-bond donors (Lipinski definition) is 1. The standard InChI is InChI=1S/C15H20BrN3S/c1-3-12-15(16)13(19(2)18-12)9-17-8-11-7-10-5-4-6-14(10)20-11/h7,17H,3-6,8-9H2,1-2H3. The van der Waals surface area contributed by atoms with Crippen LogP contribution in [0, 0.1) is 0 Å². The molecule has 2 aromatic rings. The van der Waals surface area contributed by atoms with Gasteiger partial charge >= 0.3 is 0 Å². The SMILES string of the molecule is CCc1nn(C)c(CNCc2cc3c(s2)CCC3)c1Br.